The zero-order valence-corrected chi connectivity index (χ0v) is 8.57. The van der Waals surface area contributed by atoms with Gasteiger partial charge in [-0.3, -0.25) is 0 Å². The standard InChI is InChI=1S/7ClH.4K.4H/h7*1H;;;;;;;;. The van der Waals surface area contributed by atoms with Gasteiger partial charge in [-0.15, -0.1) is 86.8 Å². The topological polar surface area (TPSA) is 0 Å². The first-order chi connectivity index (χ1) is 0. The fourth-order valence-electron chi connectivity index (χ4n) is 0. The summed E-state index contributed by atoms with van der Waals surface area (Å²) in [6.07, 6.45) is 0. The summed E-state index contributed by atoms with van der Waals surface area (Å²) < 4.78 is 0. The fourth-order valence-corrected chi connectivity index (χ4v) is 0. The van der Waals surface area contributed by atoms with E-state index in [4.69, 9.17) is 0 Å². The summed E-state index contributed by atoms with van der Waals surface area (Å²) in [6.45, 7) is 0. The van der Waals surface area contributed by atoms with Crippen LogP contribution < -0.4 is 0 Å². The predicted molar refractivity (Wildman–Crippen MR) is 79.3 cm³/mol. The Hall–Kier alpha value is 8.58. The van der Waals surface area contributed by atoms with Gasteiger partial charge in [0.25, 0.3) is 0 Å². The zero-order chi connectivity index (χ0) is 0. The van der Waals surface area contributed by atoms with Crippen LogP contribution >= 0.6 is 86.8 Å². The van der Waals surface area contributed by atoms with Gasteiger partial charge in [0.05, 0.1) is 0 Å². The average Bonchev–Trinajstić information content (AvgIpc) is 0. The van der Waals surface area contributed by atoms with E-state index in [9.17, 15) is 0 Å². The molecule has 0 radical (unpaired) electrons. The maximum absolute atomic E-state index is 0. The summed E-state index contributed by atoms with van der Waals surface area (Å²) in [5.41, 5.74) is 0. The van der Waals surface area contributed by atoms with E-state index >= 15 is 0 Å². The van der Waals surface area contributed by atoms with Crippen LogP contribution in [0.25, 0.3) is 0 Å². The second-order valence-corrected chi connectivity index (χ2v) is 0. The van der Waals surface area contributed by atoms with Gasteiger partial charge in [-0.2, -0.15) is 0 Å². The maximum atomic E-state index is 0. The van der Waals surface area contributed by atoms with Crippen molar-refractivity contribution in [3.63, 3.8) is 0 Å². The Morgan fingerprint density at radius 2 is 0.182 bits per heavy atom. The molecule has 0 spiro atoms. The summed E-state index contributed by atoms with van der Waals surface area (Å²) in [7, 11) is 0. The first-order valence-electron chi connectivity index (χ1n) is 0. The molecule has 11 heavy (non-hydrogen) atoms. The fraction of sp³-hybridized carbons (Fsp3) is 0. The molecule has 0 atom stereocenters. The third-order valence-corrected chi connectivity index (χ3v) is 0. The molecule has 0 bridgehead atoms. The van der Waals surface area contributed by atoms with E-state index in [1.807, 2.05) is 0 Å². The molecule has 11 heteroatoms. The first kappa shape index (κ1) is 91.8. The molecule has 0 aliphatic rings. The Morgan fingerprint density at radius 3 is 0.182 bits per heavy atom. The van der Waals surface area contributed by atoms with Crippen molar-refractivity contribution in [2.24, 2.45) is 0 Å². The molecule has 0 aliphatic carbocycles. The molecule has 0 aromatic rings. The normalized spacial score (nSPS) is 0. The van der Waals surface area contributed by atoms with E-state index in [-0.39, 0.29) is 292 Å². The quantitative estimate of drug-likeness (QED) is 0.501. The van der Waals surface area contributed by atoms with Gasteiger partial charge in [-0.1, -0.05) is 0 Å². The van der Waals surface area contributed by atoms with Crippen molar-refractivity contribution in [1.29, 1.82) is 0 Å². The number of rotatable bonds is 0. The van der Waals surface area contributed by atoms with Gasteiger partial charge in [0, 0.05) is 0 Å². The van der Waals surface area contributed by atoms with Gasteiger partial charge >= 0.3 is 206 Å². The molecule has 0 heterocycles. The molecule has 0 amide bonds. The summed E-state index contributed by atoms with van der Waals surface area (Å²) in [6, 6.07) is 0. The Bertz CT molecular complexity index is 10.4. The van der Waals surface area contributed by atoms with Crippen LogP contribution in [0.2, 0.25) is 0 Å². The van der Waals surface area contributed by atoms with Gasteiger partial charge < -0.3 is 0 Å². The summed E-state index contributed by atoms with van der Waals surface area (Å²) >= 11 is 0. The van der Waals surface area contributed by atoms with Crippen LogP contribution in [0.15, 0.2) is 0 Å². The van der Waals surface area contributed by atoms with Crippen molar-refractivity contribution in [3.05, 3.63) is 0 Å². The van der Waals surface area contributed by atoms with E-state index in [1.165, 1.54) is 0 Å². The Labute approximate surface area is 282 Å². The van der Waals surface area contributed by atoms with Crippen molar-refractivity contribution in [3.8, 4) is 0 Å². The van der Waals surface area contributed by atoms with Crippen molar-refractivity contribution in [2.45, 2.75) is 0 Å². The molecule has 64 valence electrons. The molecule has 0 rings (SSSR count). The Morgan fingerprint density at radius 1 is 0.182 bits per heavy atom. The van der Waals surface area contributed by atoms with Crippen LogP contribution in [0.4, 0.5) is 0 Å². The van der Waals surface area contributed by atoms with Gasteiger partial charge in [-0.05, 0) is 0 Å². The monoisotopic (exact) mass is 412 g/mol. The van der Waals surface area contributed by atoms with Crippen molar-refractivity contribution in [1.82, 2.24) is 0 Å². The number of hydrogen-bond donors (Lipinski definition) is 0. The van der Waals surface area contributed by atoms with Crippen LogP contribution in [0, 0.1) is 0 Å². The van der Waals surface area contributed by atoms with E-state index < -0.39 is 0 Å². The molecule has 0 aliphatic heterocycles. The van der Waals surface area contributed by atoms with Crippen LogP contribution in [-0.4, -0.2) is 206 Å². The van der Waals surface area contributed by atoms with Gasteiger partial charge in [-0.25, -0.2) is 0 Å². The van der Waals surface area contributed by atoms with E-state index in [1.54, 1.807) is 0 Å². The zero-order valence-electron chi connectivity index (χ0n) is 2.86. The number of halogens is 7. The summed E-state index contributed by atoms with van der Waals surface area (Å²) in [4.78, 5) is 0. The van der Waals surface area contributed by atoms with Crippen LogP contribution in [0.3, 0.4) is 0 Å². The van der Waals surface area contributed by atoms with E-state index in [2.05, 4.69) is 0 Å². The van der Waals surface area contributed by atoms with Crippen molar-refractivity contribution in [2.75, 3.05) is 0 Å². The Balaban J connectivity index is 0. The minimum atomic E-state index is 0. The third kappa shape index (κ3) is 69.4. The predicted octanol–water partition coefficient (Wildman–Crippen LogP) is 0.359. The number of hydrogen-bond acceptors (Lipinski definition) is 0. The molecule has 0 nitrogen and oxygen atoms in total. The SMILES string of the molecule is Cl.Cl.Cl.Cl.Cl.Cl.Cl.[KH].[KH].[KH].[KH]. The molecule has 0 aromatic heterocycles. The van der Waals surface area contributed by atoms with Crippen molar-refractivity contribution < 1.29 is 0 Å². The van der Waals surface area contributed by atoms with Gasteiger partial charge in [0.2, 0.25) is 0 Å². The molecule has 0 saturated heterocycles. The molecule has 0 fully saturated rings. The molecule has 0 aromatic carbocycles. The van der Waals surface area contributed by atoms with Crippen LogP contribution in [0.5, 0.6) is 0 Å². The average molecular weight is 416 g/mol. The second-order valence-electron chi connectivity index (χ2n) is 0. The minimum absolute atomic E-state index is 0. The summed E-state index contributed by atoms with van der Waals surface area (Å²) in [5.74, 6) is 0. The van der Waals surface area contributed by atoms with E-state index in [0.717, 1.165) is 0 Å². The Kier molecular flexibility index (Phi) is 652. The second kappa shape index (κ2) is 78.0. The third-order valence-electron chi connectivity index (χ3n) is 0. The van der Waals surface area contributed by atoms with Crippen molar-refractivity contribution >= 4 is 292 Å². The van der Waals surface area contributed by atoms with Crippen LogP contribution in [0.1, 0.15) is 0 Å². The molecule has 0 N–H and O–H groups in total. The van der Waals surface area contributed by atoms with Gasteiger partial charge in [0.1, 0.15) is 0 Å². The summed E-state index contributed by atoms with van der Waals surface area (Å²) in [5, 5.41) is 0. The van der Waals surface area contributed by atoms with Gasteiger partial charge in [0.15, 0.2) is 0 Å². The molecule has 0 saturated carbocycles. The first-order valence-corrected chi connectivity index (χ1v) is 0. The molecule has 0 unspecified atom stereocenters. The molecular formula is H11Cl7K4. The van der Waals surface area contributed by atoms with E-state index in [0.29, 0.717) is 0 Å². The molecular weight excluding hydrogens is 405 g/mol. The van der Waals surface area contributed by atoms with Crippen LogP contribution in [-0.2, 0) is 0 Å².